The van der Waals surface area contributed by atoms with Crippen molar-refractivity contribution < 1.29 is 9.18 Å². The minimum Gasteiger partial charge on any atom is -0.352 e. The Kier molecular flexibility index (Phi) is 5.39. The minimum absolute atomic E-state index is 0.106. The van der Waals surface area contributed by atoms with Gasteiger partial charge < -0.3 is 5.32 Å². The van der Waals surface area contributed by atoms with E-state index >= 15 is 0 Å². The maximum Gasteiger partial charge on any atom is 0.254 e. The van der Waals surface area contributed by atoms with Crippen molar-refractivity contribution in [2.45, 2.75) is 30.5 Å². The van der Waals surface area contributed by atoms with Gasteiger partial charge in [-0.2, -0.15) is 0 Å². The van der Waals surface area contributed by atoms with Gasteiger partial charge in [0.2, 0.25) is 0 Å². The molecular weight excluding hydrogens is 377 g/mol. The van der Waals surface area contributed by atoms with E-state index in [0.717, 1.165) is 12.8 Å². The van der Waals surface area contributed by atoms with Crippen molar-refractivity contribution in [1.82, 2.24) is 5.32 Å². The van der Waals surface area contributed by atoms with Crippen LogP contribution in [-0.2, 0) is 0 Å². The zero-order valence-electron chi connectivity index (χ0n) is 10.5. The quantitative estimate of drug-likeness (QED) is 0.764. The Morgan fingerprint density at radius 2 is 2.21 bits per heavy atom. The van der Waals surface area contributed by atoms with Crippen LogP contribution in [0, 0.1) is 11.7 Å². The highest BCUT2D eigenvalue weighted by atomic mass is 79.9. The molecule has 0 bridgehead atoms. The average molecular weight is 393 g/mol. The molecule has 2 atom stereocenters. The van der Waals surface area contributed by atoms with Crippen LogP contribution in [0.25, 0.3) is 0 Å². The number of hydrogen-bond donors (Lipinski definition) is 1. The van der Waals surface area contributed by atoms with Gasteiger partial charge in [0.25, 0.3) is 5.91 Å². The maximum absolute atomic E-state index is 13.6. The van der Waals surface area contributed by atoms with Crippen LogP contribution in [0.4, 0.5) is 4.39 Å². The molecule has 1 amide bonds. The molecule has 19 heavy (non-hydrogen) atoms. The molecule has 1 aromatic rings. The fraction of sp³-hybridized carbons (Fsp3) is 0.500. The summed E-state index contributed by atoms with van der Waals surface area (Å²) in [5.74, 6) is -0.337. The van der Waals surface area contributed by atoms with E-state index < -0.39 is 5.82 Å². The first-order valence-electron chi connectivity index (χ1n) is 6.43. The number of halogens is 3. The van der Waals surface area contributed by atoms with Gasteiger partial charge in [-0.3, -0.25) is 4.79 Å². The SMILES string of the molecule is O=C(NCC1CCCC(Br)C1)c1ccc(Br)cc1F. The molecule has 1 aromatic carbocycles. The molecule has 0 radical (unpaired) electrons. The highest BCUT2D eigenvalue weighted by molar-refractivity contribution is 9.10. The van der Waals surface area contributed by atoms with Gasteiger partial charge in [-0.15, -0.1) is 0 Å². The highest BCUT2D eigenvalue weighted by Crippen LogP contribution is 2.28. The van der Waals surface area contributed by atoms with E-state index in [-0.39, 0.29) is 11.5 Å². The second-order valence-electron chi connectivity index (χ2n) is 4.96. The second kappa shape index (κ2) is 6.84. The molecule has 1 fully saturated rings. The van der Waals surface area contributed by atoms with E-state index in [2.05, 4.69) is 37.2 Å². The third-order valence-corrected chi connectivity index (χ3v) is 4.77. The lowest BCUT2D eigenvalue weighted by molar-refractivity contribution is 0.0940. The smallest absolute Gasteiger partial charge is 0.254 e. The summed E-state index contributed by atoms with van der Waals surface area (Å²) in [6, 6.07) is 4.49. The molecule has 1 aliphatic rings. The molecule has 2 nitrogen and oxygen atoms in total. The summed E-state index contributed by atoms with van der Waals surface area (Å²) >= 11 is 6.80. The monoisotopic (exact) mass is 391 g/mol. The van der Waals surface area contributed by atoms with Crippen molar-refractivity contribution in [3.63, 3.8) is 0 Å². The molecular formula is C14H16Br2FNO. The largest absolute Gasteiger partial charge is 0.352 e. The Morgan fingerprint density at radius 3 is 2.89 bits per heavy atom. The summed E-state index contributed by atoms with van der Waals surface area (Å²) in [6.45, 7) is 0.621. The minimum atomic E-state index is -0.492. The van der Waals surface area contributed by atoms with Gasteiger partial charge in [-0.05, 0) is 43.4 Å². The van der Waals surface area contributed by atoms with Crippen molar-refractivity contribution in [3.8, 4) is 0 Å². The molecule has 0 heterocycles. The van der Waals surface area contributed by atoms with E-state index in [1.807, 2.05) is 0 Å². The summed E-state index contributed by atoms with van der Waals surface area (Å²) in [5.41, 5.74) is 0.106. The van der Waals surface area contributed by atoms with Gasteiger partial charge in [-0.1, -0.05) is 38.3 Å². The molecule has 2 rings (SSSR count). The molecule has 1 N–H and O–H groups in total. The van der Waals surface area contributed by atoms with Crippen molar-refractivity contribution in [2.75, 3.05) is 6.54 Å². The lowest BCUT2D eigenvalue weighted by Gasteiger charge is -2.25. The number of hydrogen-bond acceptors (Lipinski definition) is 1. The summed E-state index contributed by atoms with van der Waals surface area (Å²) in [7, 11) is 0. The van der Waals surface area contributed by atoms with Gasteiger partial charge in [0.15, 0.2) is 0 Å². The van der Waals surface area contributed by atoms with Crippen molar-refractivity contribution in [2.24, 2.45) is 5.92 Å². The first-order valence-corrected chi connectivity index (χ1v) is 8.14. The Morgan fingerprint density at radius 1 is 1.42 bits per heavy atom. The standard InChI is InChI=1S/C14H16Br2FNO/c15-10-3-1-2-9(6-10)8-18-14(19)12-5-4-11(16)7-13(12)17/h4-5,7,9-10H,1-3,6,8H2,(H,18,19). The zero-order chi connectivity index (χ0) is 13.8. The molecule has 0 aliphatic heterocycles. The first kappa shape index (κ1) is 15.0. The van der Waals surface area contributed by atoms with Gasteiger partial charge in [0.1, 0.15) is 5.82 Å². The van der Waals surface area contributed by atoms with Gasteiger partial charge >= 0.3 is 0 Å². The van der Waals surface area contributed by atoms with E-state index in [1.165, 1.54) is 25.0 Å². The van der Waals surface area contributed by atoms with Crippen LogP contribution in [0.15, 0.2) is 22.7 Å². The molecule has 0 spiro atoms. The Hall–Kier alpha value is -0.420. The van der Waals surface area contributed by atoms with Gasteiger partial charge in [0.05, 0.1) is 5.56 Å². The highest BCUT2D eigenvalue weighted by Gasteiger charge is 2.21. The summed E-state index contributed by atoms with van der Waals surface area (Å²) < 4.78 is 14.3. The van der Waals surface area contributed by atoms with E-state index in [1.54, 1.807) is 6.07 Å². The molecule has 5 heteroatoms. The lowest BCUT2D eigenvalue weighted by Crippen LogP contribution is -2.32. The number of alkyl halides is 1. The fourth-order valence-electron chi connectivity index (χ4n) is 2.42. The molecule has 1 saturated carbocycles. The van der Waals surface area contributed by atoms with Crippen LogP contribution in [0.3, 0.4) is 0 Å². The molecule has 0 aromatic heterocycles. The van der Waals surface area contributed by atoms with Crippen LogP contribution in [0.1, 0.15) is 36.0 Å². The van der Waals surface area contributed by atoms with Crippen LogP contribution in [0.5, 0.6) is 0 Å². The third kappa shape index (κ3) is 4.28. The van der Waals surface area contributed by atoms with Crippen LogP contribution < -0.4 is 5.32 Å². The van der Waals surface area contributed by atoms with E-state index in [9.17, 15) is 9.18 Å². The first-order chi connectivity index (χ1) is 9.06. The number of carbonyl (C=O) groups is 1. The molecule has 104 valence electrons. The predicted molar refractivity (Wildman–Crippen MR) is 81.1 cm³/mol. The fourth-order valence-corrected chi connectivity index (χ4v) is 3.60. The van der Waals surface area contributed by atoms with Crippen molar-refractivity contribution in [1.29, 1.82) is 0 Å². The zero-order valence-corrected chi connectivity index (χ0v) is 13.6. The topological polar surface area (TPSA) is 29.1 Å². The maximum atomic E-state index is 13.6. The summed E-state index contributed by atoms with van der Waals surface area (Å²) in [5, 5.41) is 2.83. The van der Waals surface area contributed by atoms with Crippen LogP contribution >= 0.6 is 31.9 Å². The number of carbonyl (C=O) groups excluding carboxylic acids is 1. The lowest BCUT2D eigenvalue weighted by atomic mass is 9.89. The second-order valence-corrected chi connectivity index (χ2v) is 7.17. The van der Waals surface area contributed by atoms with Crippen LogP contribution in [0.2, 0.25) is 0 Å². The summed E-state index contributed by atoms with van der Waals surface area (Å²) in [6.07, 6.45) is 4.59. The number of nitrogens with one attached hydrogen (secondary N) is 1. The third-order valence-electron chi connectivity index (χ3n) is 3.45. The molecule has 0 saturated heterocycles. The van der Waals surface area contributed by atoms with Crippen LogP contribution in [-0.4, -0.2) is 17.3 Å². The Bertz CT molecular complexity index is 467. The predicted octanol–water partition coefficient (Wildman–Crippen LogP) is 4.27. The van der Waals surface area contributed by atoms with Crippen molar-refractivity contribution in [3.05, 3.63) is 34.1 Å². The molecule has 1 aliphatic carbocycles. The number of rotatable bonds is 3. The van der Waals surface area contributed by atoms with E-state index in [4.69, 9.17) is 0 Å². The van der Waals surface area contributed by atoms with Crippen molar-refractivity contribution >= 4 is 37.8 Å². The average Bonchev–Trinajstić information content (AvgIpc) is 2.36. The number of benzene rings is 1. The Balaban J connectivity index is 1.90. The van der Waals surface area contributed by atoms with Gasteiger partial charge in [0, 0.05) is 15.8 Å². The van der Waals surface area contributed by atoms with Gasteiger partial charge in [-0.25, -0.2) is 4.39 Å². The number of amides is 1. The normalized spacial score (nSPS) is 23.1. The Labute approximate surface area is 129 Å². The summed E-state index contributed by atoms with van der Waals surface area (Å²) in [4.78, 5) is 12.5. The molecule has 2 unspecified atom stereocenters. The van der Waals surface area contributed by atoms with E-state index in [0.29, 0.717) is 21.8 Å².